The van der Waals surface area contributed by atoms with Crippen LogP contribution < -0.4 is 5.32 Å². The second-order valence-corrected chi connectivity index (χ2v) is 6.73. The maximum Gasteiger partial charge on any atom is 0.142 e. The third-order valence-electron chi connectivity index (χ3n) is 4.57. The van der Waals surface area contributed by atoms with E-state index < -0.39 is 11.6 Å². The number of aliphatic imine (C=N–C) groups is 1. The van der Waals surface area contributed by atoms with E-state index in [4.69, 9.17) is 11.6 Å². The van der Waals surface area contributed by atoms with Gasteiger partial charge in [-0.15, -0.1) is 0 Å². The van der Waals surface area contributed by atoms with Crippen LogP contribution in [0.1, 0.15) is 5.56 Å². The van der Waals surface area contributed by atoms with Crippen LogP contribution in [-0.2, 0) is 0 Å². The quantitative estimate of drug-likeness (QED) is 0.491. The summed E-state index contributed by atoms with van der Waals surface area (Å²) in [7, 11) is 0. The minimum atomic E-state index is -0.530. The molecule has 0 amide bonds. The predicted octanol–water partition coefficient (Wildman–Crippen LogP) is 4.97. The number of halogens is 3. The van der Waals surface area contributed by atoms with Gasteiger partial charge in [0.15, 0.2) is 0 Å². The lowest BCUT2D eigenvalue weighted by molar-refractivity contribution is 0.625. The molecule has 29 heavy (non-hydrogen) atoms. The van der Waals surface area contributed by atoms with E-state index in [1.807, 2.05) is 0 Å². The summed E-state index contributed by atoms with van der Waals surface area (Å²) in [6.07, 6.45) is 4.45. The molecule has 142 valence electrons. The van der Waals surface area contributed by atoms with Gasteiger partial charge in [0.25, 0.3) is 0 Å². The van der Waals surface area contributed by atoms with Crippen molar-refractivity contribution in [3.8, 4) is 22.4 Å². The molecule has 5 rings (SSSR count). The Morgan fingerprint density at radius 3 is 2.62 bits per heavy atom. The van der Waals surface area contributed by atoms with E-state index in [0.29, 0.717) is 33.8 Å². The van der Waals surface area contributed by atoms with Crippen molar-refractivity contribution in [2.45, 2.75) is 0 Å². The molecule has 2 N–H and O–H groups in total. The number of fused-ring (bicyclic) bond motifs is 3. The summed E-state index contributed by atoms with van der Waals surface area (Å²) in [5.74, 6) is -0.794. The summed E-state index contributed by atoms with van der Waals surface area (Å²) in [6, 6.07) is 8.97. The molecule has 0 unspecified atom stereocenters. The Kier molecular flexibility index (Phi) is 4.06. The SMILES string of the molecule is Fc1cc2c(cc1-c1ccnnc1)N=C(c1c(F)cccc1Cl)Nc1cn[nH]c1-2. The lowest BCUT2D eigenvalue weighted by Crippen LogP contribution is -2.15. The highest BCUT2D eigenvalue weighted by molar-refractivity contribution is 6.35. The van der Waals surface area contributed by atoms with Crippen molar-refractivity contribution in [3.05, 3.63) is 77.2 Å². The monoisotopic (exact) mass is 408 g/mol. The van der Waals surface area contributed by atoms with Crippen LogP contribution in [0.25, 0.3) is 22.4 Å². The summed E-state index contributed by atoms with van der Waals surface area (Å²) in [4.78, 5) is 4.58. The van der Waals surface area contributed by atoms with Gasteiger partial charge >= 0.3 is 0 Å². The van der Waals surface area contributed by atoms with Crippen molar-refractivity contribution >= 4 is 28.8 Å². The molecule has 0 radical (unpaired) electrons. The number of aromatic amines is 1. The van der Waals surface area contributed by atoms with Crippen LogP contribution in [-0.4, -0.2) is 26.2 Å². The maximum absolute atomic E-state index is 14.9. The third-order valence-corrected chi connectivity index (χ3v) is 4.89. The molecule has 2 aromatic heterocycles. The molecule has 1 aliphatic rings. The molecule has 0 bridgehead atoms. The molecule has 0 aliphatic carbocycles. The van der Waals surface area contributed by atoms with Crippen LogP contribution in [0.2, 0.25) is 5.02 Å². The van der Waals surface area contributed by atoms with Gasteiger partial charge in [0, 0.05) is 16.7 Å². The highest BCUT2D eigenvalue weighted by atomic mass is 35.5. The van der Waals surface area contributed by atoms with E-state index in [0.717, 1.165) is 0 Å². The van der Waals surface area contributed by atoms with Gasteiger partial charge in [-0.3, -0.25) is 5.10 Å². The highest BCUT2D eigenvalue weighted by Crippen LogP contribution is 2.41. The first-order valence-electron chi connectivity index (χ1n) is 8.56. The Morgan fingerprint density at radius 1 is 0.931 bits per heavy atom. The number of H-pyrrole nitrogens is 1. The van der Waals surface area contributed by atoms with E-state index in [-0.39, 0.29) is 16.4 Å². The number of nitrogens with one attached hydrogen (secondary N) is 2. The fourth-order valence-corrected chi connectivity index (χ4v) is 3.48. The number of benzene rings is 2. The first kappa shape index (κ1) is 17.4. The molecule has 0 fully saturated rings. The predicted molar refractivity (Wildman–Crippen MR) is 106 cm³/mol. The molecule has 6 nitrogen and oxygen atoms in total. The van der Waals surface area contributed by atoms with Gasteiger partial charge < -0.3 is 5.32 Å². The standard InChI is InChI=1S/C20H11ClF2N6/c21-13-2-1-3-14(22)18(13)20-27-16-7-11(10-4-5-24-25-8-10)15(23)6-12(16)19-17(28-20)9-26-29-19/h1-9H,(H,26,29)(H,27,28). The van der Waals surface area contributed by atoms with Gasteiger partial charge in [0.2, 0.25) is 0 Å². The third kappa shape index (κ3) is 2.94. The highest BCUT2D eigenvalue weighted by Gasteiger charge is 2.24. The summed E-state index contributed by atoms with van der Waals surface area (Å²) in [5, 5.41) is 17.6. The van der Waals surface area contributed by atoms with Gasteiger partial charge in [-0.2, -0.15) is 15.3 Å². The molecule has 0 atom stereocenters. The van der Waals surface area contributed by atoms with Gasteiger partial charge in [0.1, 0.15) is 17.5 Å². The van der Waals surface area contributed by atoms with E-state index in [1.54, 1.807) is 18.2 Å². The van der Waals surface area contributed by atoms with Crippen molar-refractivity contribution in [2.24, 2.45) is 4.99 Å². The molecule has 0 spiro atoms. The second-order valence-electron chi connectivity index (χ2n) is 6.32. The van der Waals surface area contributed by atoms with Crippen LogP contribution in [0.5, 0.6) is 0 Å². The first-order chi connectivity index (χ1) is 14.1. The fraction of sp³-hybridized carbons (Fsp3) is 0. The average Bonchev–Trinajstić information content (AvgIpc) is 3.12. The van der Waals surface area contributed by atoms with Gasteiger partial charge in [-0.25, -0.2) is 13.8 Å². The zero-order chi connectivity index (χ0) is 20.0. The summed E-state index contributed by atoms with van der Waals surface area (Å²) < 4.78 is 29.5. The van der Waals surface area contributed by atoms with Crippen LogP contribution >= 0.6 is 11.6 Å². The molecule has 3 heterocycles. The fourth-order valence-electron chi connectivity index (χ4n) is 3.23. The Balaban J connectivity index is 1.78. The van der Waals surface area contributed by atoms with E-state index in [9.17, 15) is 8.78 Å². The molecule has 9 heteroatoms. The lowest BCUT2D eigenvalue weighted by atomic mass is 10.0. The van der Waals surface area contributed by atoms with Crippen molar-refractivity contribution in [1.82, 2.24) is 20.4 Å². The van der Waals surface area contributed by atoms with Crippen molar-refractivity contribution < 1.29 is 8.78 Å². The summed E-state index contributed by atoms with van der Waals surface area (Å²) >= 11 is 6.24. The first-order valence-corrected chi connectivity index (χ1v) is 8.94. The molecule has 2 aromatic carbocycles. The normalized spacial score (nSPS) is 12.4. The van der Waals surface area contributed by atoms with Gasteiger partial charge in [0.05, 0.1) is 46.2 Å². The van der Waals surface area contributed by atoms with Crippen LogP contribution in [0.4, 0.5) is 20.2 Å². The maximum atomic E-state index is 14.9. The molecular weight excluding hydrogens is 398 g/mol. The van der Waals surface area contributed by atoms with Crippen LogP contribution in [0, 0.1) is 11.6 Å². The minimum Gasteiger partial charge on any atom is -0.337 e. The van der Waals surface area contributed by atoms with Gasteiger partial charge in [-0.05, 0) is 30.3 Å². The zero-order valence-corrected chi connectivity index (χ0v) is 15.4. The van der Waals surface area contributed by atoms with Crippen molar-refractivity contribution in [1.29, 1.82) is 0 Å². The topological polar surface area (TPSA) is 78.8 Å². The Bertz CT molecular complexity index is 1250. The largest absolute Gasteiger partial charge is 0.337 e. The Hall–Kier alpha value is -3.65. The second kappa shape index (κ2) is 6.75. The molecule has 0 saturated carbocycles. The minimum absolute atomic E-state index is 0.116. The number of hydrogen-bond acceptors (Lipinski definition) is 5. The van der Waals surface area contributed by atoms with E-state index >= 15 is 0 Å². The number of hydrogen-bond donors (Lipinski definition) is 2. The lowest BCUT2D eigenvalue weighted by Gasteiger charge is -2.10. The average molecular weight is 409 g/mol. The molecule has 0 saturated heterocycles. The number of aromatic nitrogens is 4. The molecule has 4 aromatic rings. The van der Waals surface area contributed by atoms with Crippen molar-refractivity contribution in [3.63, 3.8) is 0 Å². The number of amidine groups is 1. The summed E-state index contributed by atoms with van der Waals surface area (Å²) in [5.41, 5.74) is 2.92. The molecule has 1 aliphatic heterocycles. The van der Waals surface area contributed by atoms with Crippen LogP contribution in [0.15, 0.2) is 60.0 Å². The van der Waals surface area contributed by atoms with E-state index in [1.165, 1.54) is 36.8 Å². The number of nitrogens with zero attached hydrogens (tertiary/aromatic N) is 4. The number of anilines is 1. The van der Waals surface area contributed by atoms with Crippen molar-refractivity contribution in [2.75, 3.05) is 5.32 Å². The Labute approximate surface area is 168 Å². The molecular formula is C20H11ClF2N6. The van der Waals surface area contributed by atoms with E-state index in [2.05, 4.69) is 30.7 Å². The zero-order valence-electron chi connectivity index (χ0n) is 14.6. The van der Waals surface area contributed by atoms with Gasteiger partial charge in [-0.1, -0.05) is 17.7 Å². The summed E-state index contributed by atoms with van der Waals surface area (Å²) in [6.45, 7) is 0. The van der Waals surface area contributed by atoms with Crippen LogP contribution in [0.3, 0.4) is 0 Å². The smallest absolute Gasteiger partial charge is 0.142 e. The Morgan fingerprint density at radius 2 is 1.83 bits per heavy atom. The number of rotatable bonds is 2.